The summed E-state index contributed by atoms with van der Waals surface area (Å²) in [6.07, 6.45) is 9.54. The van der Waals surface area contributed by atoms with Gasteiger partial charge in [-0.25, -0.2) is 23.1 Å². The Bertz CT molecular complexity index is 882. The van der Waals surface area contributed by atoms with E-state index in [0.717, 1.165) is 49.9 Å². The summed E-state index contributed by atoms with van der Waals surface area (Å²) in [5, 5.41) is 23.4. The van der Waals surface area contributed by atoms with Gasteiger partial charge in [-0.15, -0.1) is 5.10 Å². The normalized spacial score (nSPS) is 13.6. The second-order valence-electron chi connectivity index (χ2n) is 6.94. The number of unbranched alkanes of at least 4 members (excludes halogenated alkanes) is 3. The fourth-order valence-electron chi connectivity index (χ4n) is 3.26. The molecule has 1 unspecified atom stereocenters. The third-order valence-corrected chi connectivity index (χ3v) is 4.72. The molecule has 0 saturated carbocycles. The van der Waals surface area contributed by atoms with Gasteiger partial charge in [0.25, 0.3) is 0 Å². The Morgan fingerprint density at radius 2 is 2.00 bits per heavy atom. The molecule has 150 valence electrons. The molecule has 1 N–H and O–H groups in total. The fraction of sp³-hybridized carbons (Fsp3) is 0.474. The van der Waals surface area contributed by atoms with Crippen LogP contribution < -0.4 is 0 Å². The average Bonchev–Trinajstić information content (AvgIpc) is 3.30. The number of hydrogen-bond acceptors (Lipinski definition) is 5. The topological polar surface area (TPSA) is 81.6 Å². The average molecular weight is 390 g/mol. The summed E-state index contributed by atoms with van der Waals surface area (Å²) in [6, 6.07) is 3.13. The minimum atomic E-state index is -1.71. The number of hydrogen-bond donors (Lipinski definition) is 1. The Labute approximate surface area is 162 Å². The Hall–Kier alpha value is -2.68. The van der Waals surface area contributed by atoms with Gasteiger partial charge in [0.2, 0.25) is 0 Å². The van der Waals surface area contributed by atoms with Crippen molar-refractivity contribution in [1.29, 1.82) is 0 Å². The number of aryl methyl sites for hydroxylation is 1. The summed E-state index contributed by atoms with van der Waals surface area (Å²) in [4.78, 5) is 3.86. The van der Waals surface area contributed by atoms with Crippen LogP contribution in [0.5, 0.6) is 0 Å². The maximum Gasteiger partial charge on any atom is 0.137 e. The van der Waals surface area contributed by atoms with E-state index < -0.39 is 17.2 Å². The summed E-state index contributed by atoms with van der Waals surface area (Å²) in [7, 11) is 0. The quantitative estimate of drug-likeness (QED) is 0.539. The highest BCUT2D eigenvalue weighted by atomic mass is 19.1. The summed E-state index contributed by atoms with van der Waals surface area (Å²) in [5.41, 5.74) is -0.885. The molecule has 0 fully saturated rings. The van der Waals surface area contributed by atoms with Crippen LogP contribution >= 0.6 is 0 Å². The molecule has 0 saturated heterocycles. The number of aliphatic hydroxyl groups is 1. The molecule has 3 rings (SSSR count). The summed E-state index contributed by atoms with van der Waals surface area (Å²) in [5.74, 6) is -1.53. The van der Waals surface area contributed by atoms with Crippen molar-refractivity contribution in [1.82, 2.24) is 29.8 Å². The Morgan fingerprint density at radius 3 is 2.71 bits per heavy atom. The van der Waals surface area contributed by atoms with Crippen molar-refractivity contribution in [2.45, 2.75) is 57.7 Å². The lowest BCUT2D eigenvalue weighted by atomic mass is 9.92. The second-order valence-corrected chi connectivity index (χ2v) is 6.94. The molecule has 0 aliphatic heterocycles. The number of rotatable bonds is 10. The molecule has 0 bridgehead atoms. The molecule has 1 aromatic carbocycles. The van der Waals surface area contributed by atoms with Crippen molar-refractivity contribution >= 4 is 0 Å². The lowest BCUT2D eigenvalue weighted by molar-refractivity contribution is -0.00963. The van der Waals surface area contributed by atoms with Gasteiger partial charge in [-0.3, -0.25) is 0 Å². The van der Waals surface area contributed by atoms with Crippen molar-refractivity contribution in [3.05, 3.63) is 59.9 Å². The van der Waals surface area contributed by atoms with Gasteiger partial charge in [-0.1, -0.05) is 37.5 Å². The molecule has 2 aromatic heterocycles. The van der Waals surface area contributed by atoms with E-state index in [1.54, 1.807) is 10.9 Å². The highest BCUT2D eigenvalue weighted by Gasteiger charge is 2.35. The predicted octanol–water partition coefficient (Wildman–Crippen LogP) is 2.86. The van der Waals surface area contributed by atoms with Gasteiger partial charge in [0.1, 0.15) is 29.9 Å². The van der Waals surface area contributed by atoms with E-state index in [1.807, 2.05) is 0 Å². The van der Waals surface area contributed by atoms with Gasteiger partial charge in [-0.2, -0.15) is 5.10 Å². The fourth-order valence-corrected chi connectivity index (χ4v) is 3.26. The van der Waals surface area contributed by atoms with E-state index in [-0.39, 0.29) is 18.7 Å². The van der Waals surface area contributed by atoms with E-state index in [2.05, 4.69) is 27.3 Å². The third kappa shape index (κ3) is 4.78. The third-order valence-electron chi connectivity index (χ3n) is 4.72. The maximum absolute atomic E-state index is 14.5. The predicted molar refractivity (Wildman–Crippen MR) is 98.1 cm³/mol. The molecule has 0 radical (unpaired) electrons. The van der Waals surface area contributed by atoms with Crippen molar-refractivity contribution in [2.75, 3.05) is 0 Å². The van der Waals surface area contributed by atoms with Crippen LogP contribution in [0.1, 0.15) is 43.9 Å². The standard InChI is InChI=1S/C19H24F2N6O/c1-2-3-4-5-6-16-10-23-25-27(16)12-19(28,11-26-14-22-13-24-26)17-8-7-15(20)9-18(17)21/h7-10,13-14,28H,2-6,11-12H2,1H3. The molecule has 0 aliphatic carbocycles. The number of nitrogens with zero attached hydrogens (tertiary/aromatic N) is 6. The first-order valence-corrected chi connectivity index (χ1v) is 9.39. The maximum atomic E-state index is 14.5. The van der Waals surface area contributed by atoms with Gasteiger partial charge in [-0.05, 0) is 18.9 Å². The first-order valence-electron chi connectivity index (χ1n) is 9.39. The number of halogens is 2. The van der Waals surface area contributed by atoms with Crippen molar-refractivity contribution in [3.63, 3.8) is 0 Å². The van der Waals surface area contributed by atoms with Gasteiger partial charge in [0.15, 0.2) is 0 Å². The molecule has 3 aromatic rings. The minimum Gasteiger partial charge on any atom is -0.381 e. The summed E-state index contributed by atoms with van der Waals surface area (Å²) >= 11 is 0. The van der Waals surface area contributed by atoms with Crippen LogP contribution in [0.15, 0.2) is 37.1 Å². The number of benzene rings is 1. The first kappa shape index (κ1) is 20.1. The lowest BCUT2D eigenvalue weighted by Gasteiger charge is -2.29. The smallest absolute Gasteiger partial charge is 0.137 e. The SMILES string of the molecule is CCCCCCc1cnnn1CC(O)(Cn1cncn1)c1ccc(F)cc1F. The molecule has 0 spiro atoms. The molecule has 28 heavy (non-hydrogen) atoms. The van der Waals surface area contributed by atoms with E-state index in [4.69, 9.17) is 0 Å². The molecular weight excluding hydrogens is 366 g/mol. The minimum absolute atomic E-state index is 0.0307. The Balaban J connectivity index is 1.87. The van der Waals surface area contributed by atoms with Crippen molar-refractivity contribution < 1.29 is 13.9 Å². The van der Waals surface area contributed by atoms with Gasteiger partial charge >= 0.3 is 0 Å². The van der Waals surface area contributed by atoms with Crippen LogP contribution in [0.25, 0.3) is 0 Å². The highest BCUT2D eigenvalue weighted by Crippen LogP contribution is 2.29. The van der Waals surface area contributed by atoms with Crippen molar-refractivity contribution in [2.24, 2.45) is 0 Å². The van der Waals surface area contributed by atoms with Crippen molar-refractivity contribution in [3.8, 4) is 0 Å². The zero-order chi connectivity index (χ0) is 20.0. The van der Waals surface area contributed by atoms with Crippen LogP contribution in [0.2, 0.25) is 0 Å². The van der Waals surface area contributed by atoms with E-state index in [1.165, 1.54) is 23.4 Å². The number of aromatic nitrogens is 6. The van der Waals surface area contributed by atoms with E-state index >= 15 is 0 Å². The van der Waals surface area contributed by atoms with E-state index in [0.29, 0.717) is 0 Å². The van der Waals surface area contributed by atoms with Crippen LogP contribution in [-0.4, -0.2) is 34.9 Å². The highest BCUT2D eigenvalue weighted by molar-refractivity contribution is 5.25. The molecular formula is C19H24F2N6O. The molecule has 2 heterocycles. The monoisotopic (exact) mass is 390 g/mol. The Morgan fingerprint density at radius 1 is 1.14 bits per heavy atom. The zero-order valence-electron chi connectivity index (χ0n) is 15.8. The van der Waals surface area contributed by atoms with Gasteiger partial charge in [0.05, 0.1) is 25.0 Å². The molecule has 1 atom stereocenters. The lowest BCUT2D eigenvalue weighted by Crippen LogP contribution is -2.38. The molecule has 0 aliphatic rings. The van der Waals surface area contributed by atoms with Crippen LogP contribution in [-0.2, 0) is 25.1 Å². The van der Waals surface area contributed by atoms with Crippen LogP contribution in [0.3, 0.4) is 0 Å². The zero-order valence-corrected chi connectivity index (χ0v) is 15.8. The van der Waals surface area contributed by atoms with E-state index in [9.17, 15) is 13.9 Å². The summed E-state index contributed by atoms with van der Waals surface area (Å²) in [6.45, 7) is 2.04. The Kier molecular flexibility index (Phi) is 6.45. The van der Waals surface area contributed by atoms with Gasteiger partial charge in [0, 0.05) is 11.6 Å². The first-order chi connectivity index (χ1) is 13.5. The van der Waals surface area contributed by atoms with Crippen LogP contribution in [0.4, 0.5) is 8.78 Å². The molecule has 9 heteroatoms. The molecule has 0 amide bonds. The largest absolute Gasteiger partial charge is 0.381 e. The van der Waals surface area contributed by atoms with Gasteiger partial charge < -0.3 is 5.11 Å². The van der Waals surface area contributed by atoms with Crippen LogP contribution in [0, 0.1) is 11.6 Å². The summed E-state index contributed by atoms with van der Waals surface area (Å²) < 4.78 is 30.9. The molecule has 7 nitrogen and oxygen atoms in total. The second kappa shape index (κ2) is 9.01.